The van der Waals surface area contributed by atoms with Crippen LogP contribution in [0.5, 0.6) is 0 Å². The minimum atomic E-state index is -0.439. The van der Waals surface area contributed by atoms with Crippen molar-refractivity contribution < 1.29 is 19.1 Å². The molecule has 1 saturated heterocycles. The van der Waals surface area contributed by atoms with Crippen molar-refractivity contribution in [2.24, 2.45) is 0 Å². The van der Waals surface area contributed by atoms with E-state index in [0.29, 0.717) is 25.5 Å². The quantitative estimate of drug-likeness (QED) is 0.559. The number of rotatable bonds is 7. The monoisotopic (exact) mass is 441 g/mol. The highest BCUT2D eigenvalue weighted by Gasteiger charge is 2.30. The predicted molar refractivity (Wildman–Crippen MR) is 126 cm³/mol. The van der Waals surface area contributed by atoms with E-state index in [4.69, 9.17) is 9.47 Å². The van der Waals surface area contributed by atoms with Crippen molar-refractivity contribution in [3.63, 3.8) is 0 Å². The maximum Gasteiger partial charge on any atom is 0.414 e. The van der Waals surface area contributed by atoms with E-state index in [1.54, 1.807) is 22.1 Å². The molecule has 2 aliphatic rings. The fourth-order valence-corrected chi connectivity index (χ4v) is 3.49. The first-order valence-electron chi connectivity index (χ1n) is 10.9. The summed E-state index contributed by atoms with van der Waals surface area (Å²) in [7, 11) is 0. The van der Waals surface area contributed by atoms with Crippen molar-refractivity contribution in [1.29, 1.82) is 0 Å². The van der Waals surface area contributed by atoms with Crippen molar-refractivity contribution in [1.82, 2.24) is 14.7 Å². The van der Waals surface area contributed by atoms with E-state index >= 15 is 0 Å². The van der Waals surface area contributed by atoms with Crippen LogP contribution in [0.2, 0.25) is 0 Å². The average molecular weight is 442 g/mol. The molecule has 0 N–H and O–H groups in total. The first-order valence-corrected chi connectivity index (χ1v) is 10.9. The van der Waals surface area contributed by atoms with Gasteiger partial charge in [0, 0.05) is 38.5 Å². The Morgan fingerprint density at radius 1 is 1.22 bits per heavy atom. The number of nitrogens with zero attached hydrogens (tertiary/aromatic N) is 3. The zero-order valence-corrected chi connectivity index (χ0v) is 19.6. The predicted octanol–water partition coefficient (Wildman–Crippen LogP) is 4.00. The van der Waals surface area contributed by atoms with Crippen LogP contribution >= 0.6 is 0 Å². The van der Waals surface area contributed by atoms with Gasteiger partial charge in [-0.1, -0.05) is 31.4 Å². The molecule has 0 saturated carbocycles. The van der Waals surface area contributed by atoms with E-state index in [2.05, 4.69) is 18.1 Å². The fourth-order valence-electron chi connectivity index (χ4n) is 3.49. The van der Waals surface area contributed by atoms with E-state index in [1.807, 2.05) is 51.2 Å². The minimum Gasteiger partial charge on any atom is -0.446 e. The molecule has 0 aromatic carbocycles. The van der Waals surface area contributed by atoms with E-state index in [0.717, 1.165) is 24.4 Å². The highest BCUT2D eigenvalue weighted by atomic mass is 16.6. The molecule has 2 amide bonds. The van der Waals surface area contributed by atoms with Gasteiger partial charge in [-0.15, -0.1) is 0 Å². The van der Waals surface area contributed by atoms with Gasteiger partial charge >= 0.3 is 6.09 Å². The normalized spacial score (nSPS) is 20.5. The van der Waals surface area contributed by atoms with Gasteiger partial charge in [-0.05, 0) is 44.6 Å². The Labute approximate surface area is 191 Å². The third-order valence-corrected chi connectivity index (χ3v) is 5.12. The van der Waals surface area contributed by atoms with E-state index in [-0.39, 0.29) is 18.1 Å². The van der Waals surface area contributed by atoms with Gasteiger partial charge < -0.3 is 19.3 Å². The molecule has 0 spiro atoms. The van der Waals surface area contributed by atoms with Crippen molar-refractivity contribution >= 4 is 12.0 Å². The maximum atomic E-state index is 12.7. The molecule has 0 radical (unpaired) electrons. The van der Waals surface area contributed by atoms with Crippen LogP contribution in [0.25, 0.3) is 0 Å². The summed E-state index contributed by atoms with van der Waals surface area (Å²) in [4.78, 5) is 30.1. The molecule has 0 aliphatic carbocycles. The molecule has 174 valence electrons. The number of ether oxygens (including phenoxy) is 2. The zero-order valence-electron chi connectivity index (χ0n) is 19.6. The van der Waals surface area contributed by atoms with Crippen molar-refractivity contribution in [3.8, 4) is 0 Å². The molecule has 0 aromatic rings. The molecule has 7 nitrogen and oxygen atoms in total. The lowest BCUT2D eigenvalue weighted by molar-refractivity contribution is -0.128. The van der Waals surface area contributed by atoms with Crippen molar-refractivity contribution in [3.05, 3.63) is 72.8 Å². The van der Waals surface area contributed by atoms with Gasteiger partial charge in [0.1, 0.15) is 0 Å². The van der Waals surface area contributed by atoms with Crippen LogP contribution < -0.4 is 0 Å². The summed E-state index contributed by atoms with van der Waals surface area (Å²) in [6.45, 7) is 18.2. The minimum absolute atomic E-state index is 0.0833. The second-order valence-corrected chi connectivity index (χ2v) is 7.98. The van der Waals surface area contributed by atoms with E-state index in [9.17, 15) is 9.59 Å². The van der Waals surface area contributed by atoms with Crippen LogP contribution in [-0.4, -0.2) is 71.7 Å². The third kappa shape index (κ3) is 6.99. The Morgan fingerprint density at radius 3 is 2.47 bits per heavy atom. The summed E-state index contributed by atoms with van der Waals surface area (Å²) >= 11 is 0. The number of hydrogen-bond donors (Lipinski definition) is 0. The molecule has 2 rings (SSSR count). The number of morpholine rings is 1. The Hall–Kier alpha value is -3.06. The first-order chi connectivity index (χ1) is 15.3. The lowest BCUT2D eigenvalue weighted by Gasteiger charge is -2.37. The molecule has 1 fully saturated rings. The topological polar surface area (TPSA) is 62.3 Å². The Bertz CT molecular complexity index is 832. The maximum absolute atomic E-state index is 12.7. The Morgan fingerprint density at radius 2 is 1.91 bits per heavy atom. The van der Waals surface area contributed by atoms with Gasteiger partial charge in [0.05, 0.1) is 31.1 Å². The van der Waals surface area contributed by atoms with Crippen LogP contribution in [0, 0.1) is 0 Å². The third-order valence-electron chi connectivity index (χ3n) is 5.12. The molecule has 7 heteroatoms. The van der Waals surface area contributed by atoms with Crippen LogP contribution in [0.3, 0.4) is 0 Å². The molecule has 1 atom stereocenters. The summed E-state index contributed by atoms with van der Waals surface area (Å²) in [6, 6.07) is -0.154. The van der Waals surface area contributed by atoms with Gasteiger partial charge in [0.2, 0.25) is 5.91 Å². The van der Waals surface area contributed by atoms with Gasteiger partial charge in [-0.2, -0.15) is 0 Å². The highest BCUT2D eigenvalue weighted by molar-refractivity contribution is 5.77. The summed E-state index contributed by atoms with van der Waals surface area (Å²) < 4.78 is 10.8. The van der Waals surface area contributed by atoms with Crippen LogP contribution in [0.1, 0.15) is 27.7 Å². The zero-order chi connectivity index (χ0) is 23.7. The van der Waals surface area contributed by atoms with Gasteiger partial charge in [0.15, 0.2) is 0 Å². The van der Waals surface area contributed by atoms with Crippen LogP contribution in [-0.2, 0) is 14.3 Å². The van der Waals surface area contributed by atoms with E-state index in [1.165, 1.54) is 6.92 Å². The molecule has 0 bridgehead atoms. The van der Waals surface area contributed by atoms with Crippen LogP contribution in [0.4, 0.5) is 4.79 Å². The fraction of sp³-hybridized carbons (Fsp3) is 0.440. The molecular formula is C25H35N3O4. The number of hydrogen-bond acceptors (Lipinski definition) is 5. The summed E-state index contributed by atoms with van der Waals surface area (Å²) in [5.41, 5.74) is 2.38. The van der Waals surface area contributed by atoms with Crippen LogP contribution in [0.15, 0.2) is 72.8 Å². The van der Waals surface area contributed by atoms with Crippen molar-refractivity contribution in [2.45, 2.75) is 39.8 Å². The smallest absolute Gasteiger partial charge is 0.414 e. The van der Waals surface area contributed by atoms with Crippen molar-refractivity contribution in [2.75, 3.05) is 32.8 Å². The lowest BCUT2D eigenvalue weighted by Crippen LogP contribution is -2.48. The highest BCUT2D eigenvalue weighted by Crippen LogP contribution is 2.22. The Kier molecular flexibility index (Phi) is 9.53. The lowest BCUT2D eigenvalue weighted by atomic mass is 10.1. The molecule has 32 heavy (non-hydrogen) atoms. The second-order valence-electron chi connectivity index (χ2n) is 7.98. The Balaban J connectivity index is 2.31. The molecular weight excluding hydrogens is 406 g/mol. The second kappa shape index (κ2) is 12.1. The molecule has 0 aromatic heterocycles. The van der Waals surface area contributed by atoms with E-state index < -0.39 is 6.09 Å². The summed E-state index contributed by atoms with van der Waals surface area (Å²) in [6.07, 6.45) is 12.2. The molecule has 2 aliphatic heterocycles. The van der Waals surface area contributed by atoms with Gasteiger partial charge in [-0.3, -0.25) is 9.69 Å². The number of allylic oxidation sites excluding steroid dienone is 7. The van der Waals surface area contributed by atoms with Gasteiger partial charge in [-0.25, -0.2) is 4.79 Å². The first kappa shape index (κ1) is 25.2. The number of carbonyl (C=O) groups excluding carboxylic acids is 2. The van der Waals surface area contributed by atoms with Gasteiger partial charge in [0.25, 0.3) is 0 Å². The number of carbonyl (C=O) groups is 2. The largest absolute Gasteiger partial charge is 0.446 e. The summed E-state index contributed by atoms with van der Waals surface area (Å²) in [5.74, 6) is -0.0833. The number of amides is 2. The summed E-state index contributed by atoms with van der Waals surface area (Å²) in [5, 5.41) is 0. The SMILES string of the molecule is C=CC(/C=C/C=C(\C=C)N1CCOCC1)=C\C1=CN(C(C)=O)[C@@H](C)CN1C(=O)OC(C)C. The average Bonchev–Trinajstić information content (AvgIpc) is 2.76. The standard InChI is InChI=1S/C25H35N3O4/c1-7-22(10-9-11-23(8-2)26-12-14-31-15-13-26)16-24-18-27(21(6)29)20(5)17-28(24)25(30)32-19(3)4/h7-11,16,18-20H,1-2,12-15,17H2,3-6H3/b10-9+,22-16+,23-11+/t20-/m0/s1. The molecule has 2 heterocycles. The molecule has 0 unspecified atom stereocenters.